The third-order valence-corrected chi connectivity index (χ3v) is 12.0. The first-order valence-electron chi connectivity index (χ1n) is 16.3. The van der Waals surface area contributed by atoms with Crippen molar-refractivity contribution in [3.05, 3.63) is 0 Å². The Balaban J connectivity index is 1.48. The summed E-state index contributed by atoms with van der Waals surface area (Å²) in [6.07, 6.45) is 6.92. The fraction of sp³-hybridized carbons (Fsp3) is 0.867. The van der Waals surface area contributed by atoms with E-state index in [0.29, 0.717) is 51.7 Å². The van der Waals surface area contributed by atoms with Crippen LogP contribution in [0.4, 0.5) is 4.79 Å². The molecule has 1 aliphatic carbocycles. The molecule has 4 aliphatic rings. The maximum Gasteiger partial charge on any atom is 0.329 e. The van der Waals surface area contributed by atoms with E-state index in [4.69, 9.17) is 0 Å². The summed E-state index contributed by atoms with van der Waals surface area (Å²) in [6.45, 7) is 10.6. The molecule has 3 saturated heterocycles. The number of carbonyl (C=O) groups excluding carboxylic acids is 3. The van der Waals surface area contributed by atoms with Gasteiger partial charge in [-0.05, 0) is 57.3 Å². The zero-order chi connectivity index (χ0) is 32.4. The maximum atomic E-state index is 13.9. The number of amides is 4. The van der Waals surface area contributed by atoms with Crippen LogP contribution in [0.1, 0.15) is 98.8 Å². The second kappa shape index (κ2) is 13.5. The first-order valence-corrected chi connectivity index (χ1v) is 17.7. The van der Waals surface area contributed by atoms with E-state index in [1.54, 1.807) is 0 Å². The van der Waals surface area contributed by atoms with Gasteiger partial charge in [0.1, 0.15) is 17.6 Å². The third kappa shape index (κ3) is 7.50. The van der Waals surface area contributed by atoms with Gasteiger partial charge in [0, 0.05) is 38.3 Å². The number of aliphatic carboxylic acids is 1. The largest absolute Gasteiger partial charge is 0.479 e. The highest BCUT2D eigenvalue weighted by molar-refractivity contribution is 7.87. The van der Waals surface area contributed by atoms with E-state index in [1.165, 1.54) is 13.5 Å². The topological polar surface area (TPSA) is 168 Å². The van der Waals surface area contributed by atoms with Crippen molar-refractivity contribution in [3.63, 3.8) is 0 Å². The Labute approximate surface area is 262 Å². The quantitative estimate of drug-likeness (QED) is 0.345. The summed E-state index contributed by atoms with van der Waals surface area (Å²) in [6, 6.07) is -2.93. The van der Waals surface area contributed by atoms with Crippen molar-refractivity contribution in [3.8, 4) is 0 Å². The van der Waals surface area contributed by atoms with Gasteiger partial charge in [0.2, 0.25) is 11.8 Å². The van der Waals surface area contributed by atoms with Crippen LogP contribution < -0.4 is 16.0 Å². The van der Waals surface area contributed by atoms with Gasteiger partial charge in [-0.2, -0.15) is 17.0 Å². The average molecular weight is 641 g/mol. The highest BCUT2D eigenvalue weighted by atomic mass is 32.2. The van der Waals surface area contributed by atoms with Gasteiger partial charge in [-0.15, -0.1) is 0 Å². The fourth-order valence-electron chi connectivity index (χ4n) is 6.88. The number of carbonyl (C=O) groups is 4. The molecule has 0 aromatic heterocycles. The molecule has 0 aromatic rings. The predicted octanol–water partition coefficient (Wildman–Crippen LogP) is 2.03. The second-order valence-corrected chi connectivity index (χ2v) is 16.2. The third-order valence-electron chi connectivity index (χ3n) is 9.83. The van der Waals surface area contributed by atoms with E-state index in [9.17, 15) is 32.7 Å². The molecule has 0 radical (unpaired) electrons. The maximum absolute atomic E-state index is 13.9. The molecule has 4 N–H and O–H groups in total. The fourth-order valence-corrected chi connectivity index (χ4v) is 8.67. The Morgan fingerprint density at radius 1 is 1.00 bits per heavy atom. The van der Waals surface area contributed by atoms with Crippen LogP contribution in [0.3, 0.4) is 0 Å². The Hall–Kier alpha value is -2.45. The van der Waals surface area contributed by atoms with Crippen LogP contribution in [-0.2, 0) is 24.6 Å². The van der Waals surface area contributed by atoms with E-state index in [1.807, 2.05) is 34.6 Å². The SMILES string of the molecule is CC(C)N1CCN(C[C@@H](NC(=O)N[C@H]2CCCCCCCC3C[C@@]3(C(=O)O)NC(=O)C3CCCN3C2=O)C(C)(C)C)S1(=O)=O. The zero-order valence-electron chi connectivity index (χ0n) is 26.9. The van der Waals surface area contributed by atoms with Gasteiger partial charge < -0.3 is 26.0 Å². The average Bonchev–Trinajstić information content (AvgIpc) is 3.24. The van der Waals surface area contributed by atoms with Crippen molar-refractivity contribution >= 4 is 34.0 Å². The van der Waals surface area contributed by atoms with Gasteiger partial charge in [0.15, 0.2) is 0 Å². The minimum atomic E-state index is -3.65. The van der Waals surface area contributed by atoms with Crippen LogP contribution in [0, 0.1) is 11.3 Å². The van der Waals surface area contributed by atoms with Crippen LogP contribution in [0.2, 0.25) is 0 Å². The molecule has 2 unspecified atom stereocenters. The van der Waals surface area contributed by atoms with Crippen LogP contribution in [0.25, 0.3) is 0 Å². The highest BCUT2D eigenvalue weighted by Crippen LogP contribution is 2.47. The van der Waals surface area contributed by atoms with Crippen molar-refractivity contribution in [1.82, 2.24) is 29.5 Å². The minimum Gasteiger partial charge on any atom is -0.479 e. The number of carboxylic acids is 1. The van der Waals surface area contributed by atoms with E-state index in [2.05, 4.69) is 16.0 Å². The molecule has 13 nitrogen and oxygen atoms in total. The van der Waals surface area contributed by atoms with Crippen molar-refractivity contribution < 1.29 is 32.7 Å². The van der Waals surface area contributed by atoms with E-state index >= 15 is 0 Å². The number of hydrogen-bond donors (Lipinski definition) is 4. The molecule has 250 valence electrons. The van der Waals surface area contributed by atoms with E-state index in [0.717, 1.165) is 32.1 Å². The molecule has 44 heavy (non-hydrogen) atoms. The van der Waals surface area contributed by atoms with E-state index in [-0.39, 0.29) is 24.4 Å². The Morgan fingerprint density at radius 2 is 1.66 bits per heavy atom. The van der Waals surface area contributed by atoms with Crippen molar-refractivity contribution in [2.24, 2.45) is 11.3 Å². The number of carboxylic acid groups (broad SMARTS) is 1. The highest BCUT2D eigenvalue weighted by Gasteiger charge is 2.61. The summed E-state index contributed by atoms with van der Waals surface area (Å²) in [4.78, 5) is 54.3. The lowest BCUT2D eigenvalue weighted by molar-refractivity contribution is -0.145. The first-order chi connectivity index (χ1) is 20.6. The molecule has 4 rings (SSSR count). The molecule has 4 fully saturated rings. The Morgan fingerprint density at radius 3 is 2.27 bits per heavy atom. The van der Waals surface area contributed by atoms with Crippen molar-refractivity contribution in [2.45, 2.75) is 129 Å². The molecule has 0 spiro atoms. The normalized spacial score (nSPS) is 31.3. The Bertz CT molecular complexity index is 1200. The van der Waals surface area contributed by atoms with Gasteiger partial charge in [0.25, 0.3) is 10.2 Å². The lowest BCUT2D eigenvalue weighted by atomic mass is 9.86. The second-order valence-electron chi connectivity index (χ2n) is 14.4. The summed E-state index contributed by atoms with van der Waals surface area (Å²) in [5.74, 6) is -1.93. The molecule has 1 saturated carbocycles. The molecule has 3 heterocycles. The monoisotopic (exact) mass is 640 g/mol. The summed E-state index contributed by atoms with van der Waals surface area (Å²) in [5.41, 5.74) is -1.74. The van der Waals surface area contributed by atoms with Crippen LogP contribution >= 0.6 is 0 Å². The van der Waals surface area contributed by atoms with E-state index < -0.39 is 57.2 Å². The first kappa shape index (κ1) is 34.4. The lowest BCUT2D eigenvalue weighted by Crippen LogP contribution is -2.59. The van der Waals surface area contributed by atoms with Crippen LogP contribution in [-0.4, -0.2) is 107 Å². The van der Waals surface area contributed by atoms with Gasteiger partial charge in [-0.1, -0.05) is 52.9 Å². The van der Waals surface area contributed by atoms with Crippen LogP contribution in [0.15, 0.2) is 0 Å². The number of urea groups is 1. The van der Waals surface area contributed by atoms with Crippen molar-refractivity contribution in [2.75, 3.05) is 26.2 Å². The van der Waals surface area contributed by atoms with Gasteiger partial charge >= 0.3 is 12.0 Å². The predicted molar refractivity (Wildman–Crippen MR) is 165 cm³/mol. The number of fused-ring (bicyclic) bond motifs is 2. The summed E-state index contributed by atoms with van der Waals surface area (Å²) >= 11 is 0. The number of hydrogen-bond acceptors (Lipinski definition) is 6. The van der Waals surface area contributed by atoms with Gasteiger partial charge in [-0.3, -0.25) is 9.59 Å². The van der Waals surface area contributed by atoms with Gasteiger partial charge in [0.05, 0.1) is 0 Å². The molecular formula is C30H52N6O7S. The molecule has 4 amide bonds. The summed E-state index contributed by atoms with van der Waals surface area (Å²) in [7, 11) is -3.65. The molecule has 14 heteroatoms. The summed E-state index contributed by atoms with van der Waals surface area (Å²) in [5, 5.41) is 18.5. The molecule has 0 aromatic carbocycles. The number of nitrogens with zero attached hydrogens (tertiary/aromatic N) is 3. The zero-order valence-corrected chi connectivity index (χ0v) is 27.7. The molecule has 0 bridgehead atoms. The van der Waals surface area contributed by atoms with Crippen molar-refractivity contribution in [1.29, 1.82) is 0 Å². The number of nitrogens with one attached hydrogen (secondary N) is 3. The van der Waals surface area contributed by atoms with Gasteiger partial charge in [-0.25, -0.2) is 9.59 Å². The minimum absolute atomic E-state index is 0.0990. The lowest BCUT2D eigenvalue weighted by Gasteiger charge is -2.35. The summed E-state index contributed by atoms with van der Waals surface area (Å²) < 4.78 is 29.1. The smallest absolute Gasteiger partial charge is 0.329 e. The van der Waals surface area contributed by atoms with Crippen LogP contribution in [0.5, 0.6) is 0 Å². The molecular weight excluding hydrogens is 588 g/mol. The standard InChI is InChI=1S/C30H52N6O7S/c1-20(2)36-17-16-34(44(36,42)43)19-24(29(3,4)5)32-28(41)31-22-13-10-8-6-7-9-12-21-18-30(21,27(39)40)33-25(37)23-14-11-15-35(23)26(22)38/h20-24H,6-19H2,1-5H3,(H,33,37)(H,39,40)(H2,31,32,41)/t21?,22-,23?,24+,30+/m0/s1. The Kier molecular flexibility index (Phi) is 10.6. The number of rotatable bonds is 6. The molecule has 3 aliphatic heterocycles. The molecule has 5 atom stereocenters.